The Labute approximate surface area is 123 Å². The fourth-order valence-corrected chi connectivity index (χ4v) is 2.53. The highest BCUT2D eigenvalue weighted by molar-refractivity contribution is 7.80. The van der Waals surface area contributed by atoms with Crippen LogP contribution < -0.4 is 5.73 Å². The maximum Gasteiger partial charge on any atom is 0.159 e. The summed E-state index contributed by atoms with van der Waals surface area (Å²) >= 11 is 5.01. The van der Waals surface area contributed by atoms with Crippen molar-refractivity contribution in [3.63, 3.8) is 0 Å². The second-order valence-corrected chi connectivity index (χ2v) is 5.61. The second kappa shape index (κ2) is 6.56. The molecule has 1 aliphatic heterocycles. The van der Waals surface area contributed by atoms with Gasteiger partial charge in [0.15, 0.2) is 11.6 Å². The Bertz CT molecular complexity index is 487. The van der Waals surface area contributed by atoms with Crippen molar-refractivity contribution in [2.24, 2.45) is 5.73 Å². The monoisotopic (exact) mass is 299 g/mol. The standard InChI is InChI=1S/C14H19F2N3S/c1-10(14(17)20)19-6-4-18(5-7-19)9-11-2-3-12(15)13(16)8-11/h2-3,8,10H,4-7,9H2,1H3,(H2,17,20). The number of piperazine rings is 1. The van der Waals surface area contributed by atoms with Crippen LogP contribution in [0.2, 0.25) is 0 Å². The van der Waals surface area contributed by atoms with E-state index in [4.69, 9.17) is 18.0 Å². The summed E-state index contributed by atoms with van der Waals surface area (Å²) in [4.78, 5) is 4.97. The molecule has 0 aliphatic carbocycles. The molecule has 110 valence electrons. The first-order valence-corrected chi connectivity index (χ1v) is 7.08. The molecule has 1 aromatic carbocycles. The van der Waals surface area contributed by atoms with Gasteiger partial charge in [-0.25, -0.2) is 8.78 Å². The largest absolute Gasteiger partial charge is 0.392 e. The molecule has 20 heavy (non-hydrogen) atoms. The summed E-state index contributed by atoms with van der Waals surface area (Å²) in [6.07, 6.45) is 0. The van der Waals surface area contributed by atoms with Crippen LogP contribution in [0.1, 0.15) is 12.5 Å². The molecule has 3 nitrogen and oxygen atoms in total. The number of nitrogens with two attached hydrogens (primary N) is 1. The summed E-state index contributed by atoms with van der Waals surface area (Å²) in [5.41, 5.74) is 6.45. The van der Waals surface area contributed by atoms with E-state index in [1.807, 2.05) is 6.92 Å². The summed E-state index contributed by atoms with van der Waals surface area (Å²) in [5.74, 6) is -1.59. The van der Waals surface area contributed by atoms with E-state index in [0.29, 0.717) is 11.5 Å². The molecule has 1 aromatic rings. The predicted octanol–water partition coefficient (Wildman–Crippen LogP) is 1.76. The average molecular weight is 299 g/mol. The third kappa shape index (κ3) is 3.71. The predicted molar refractivity (Wildman–Crippen MR) is 79.5 cm³/mol. The molecular weight excluding hydrogens is 280 g/mol. The first kappa shape index (κ1) is 15.3. The van der Waals surface area contributed by atoms with Gasteiger partial charge in [-0.05, 0) is 24.6 Å². The zero-order chi connectivity index (χ0) is 14.7. The van der Waals surface area contributed by atoms with E-state index < -0.39 is 11.6 Å². The van der Waals surface area contributed by atoms with E-state index in [1.165, 1.54) is 12.1 Å². The Kier molecular flexibility index (Phi) is 5.01. The number of hydrogen-bond donors (Lipinski definition) is 1. The van der Waals surface area contributed by atoms with Crippen LogP contribution in [0.4, 0.5) is 8.78 Å². The zero-order valence-corrected chi connectivity index (χ0v) is 12.3. The summed E-state index contributed by atoms with van der Waals surface area (Å²) < 4.78 is 26.0. The molecule has 0 radical (unpaired) electrons. The van der Waals surface area contributed by atoms with Crippen LogP contribution in [0, 0.1) is 11.6 Å². The molecule has 1 atom stereocenters. The molecule has 0 spiro atoms. The van der Waals surface area contributed by atoms with Crippen molar-refractivity contribution in [3.8, 4) is 0 Å². The van der Waals surface area contributed by atoms with E-state index >= 15 is 0 Å². The SMILES string of the molecule is CC(C(N)=S)N1CCN(Cc2ccc(F)c(F)c2)CC1. The van der Waals surface area contributed by atoms with E-state index in [9.17, 15) is 8.78 Å². The minimum absolute atomic E-state index is 0.107. The van der Waals surface area contributed by atoms with E-state index in [-0.39, 0.29) is 6.04 Å². The van der Waals surface area contributed by atoms with Gasteiger partial charge in [-0.1, -0.05) is 18.3 Å². The molecule has 0 bridgehead atoms. The number of thiocarbonyl (C=S) groups is 1. The van der Waals surface area contributed by atoms with Crippen molar-refractivity contribution in [2.45, 2.75) is 19.5 Å². The Hall–Kier alpha value is -1.11. The topological polar surface area (TPSA) is 32.5 Å². The van der Waals surface area contributed by atoms with Crippen molar-refractivity contribution < 1.29 is 8.78 Å². The highest BCUT2D eigenvalue weighted by Gasteiger charge is 2.22. The maximum atomic E-state index is 13.2. The molecule has 1 unspecified atom stereocenters. The lowest BCUT2D eigenvalue weighted by Gasteiger charge is -2.37. The lowest BCUT2D eigenvalue weighted by atomic mass is 10.1. The second-order valence-electron chi connectivity index (χ2n) is 5.14. The van der Waals surface area contributed by atoms with Crippen LogP contribution >= 0.6 is 12.2 Å². The van der Waals surface area contributed by atoms with E-state index in [1.54, 1.807) is 6.07 Å². The number of nitrogens with zero attached hydrogens (tertiary/aromatic N) is 2. The highest BCUT2D eigenvalue weighted by atomic mass is 32.1. The molecule has 0 aromatic heterocycles. The van der Waals surface area contributed by atoms with Gasteiger partial charge in [0.25, 0.3) is 0 Å². The van der Waals surface area contributed by atoms with Crippen molar-refractivity contribution in [1.82, 2.24) is 9.80 Å². The molecule has 6 heteroatoms. The van der Waals surface area contributed by atoms with Gasteiger partial charge in [-0.2, -0.15) is 0 Å². The molecule has 0 saturated carbocycles. The zero-order valence-electron chi connectivity index (χ0n) is 11.5. The number of rotatable bonds is 4. The quantitative estimate of drug-likeness (QED) is 0.859. The van der Waals surface area contributed by atoms with Gasteiger partial charge < -0.3 is 5.73 Å². The van der Waals surface area contributed by atoms with Gasteiger partial charge in [0, 0.05) is 32.7 Å². The molecule has 2 N–H and O–H groups in total. The summed E-state index contributed by atoms with van der Waals surface area (Å²) in [6.45, 7) is 6.13. The van der Waals surface area contributed by atoms with Gasteiger partial charge in [0.05, 0.1) is 11.0 Å². The van der Waals surface area contributed by atoms with Crippen LogP contribution in [-0.2, 0) is 6.54 Å². The Morgan fingerprint density at radius 2 is 1.90 bits per heavy atom. The summed E-state index contributed by atoms with van der Waals surface area (Å²) in [7, 11) is 0. The molecule has 1 aliphatic rings. The minimum Gasteiger partial charge on any atom is -0.392 e. The lowest BCUT2D eigenvalue weighted by molar-refractivity contribution is 0.118. The molecule has 1 fully saturated rings. The Balaban J connectivity index is 1.88. The highest BCUT2D eigenvalue weighted by Crippen LogP contribution is 2.13. The van der Waals surface area contributed by atoms with Crippen LogP contribution in [0.3, 0.4) is 0 Å². The number of benzene rings is 1. The van der Waals surface area contributed by atoms with Crippen molar-refractivity contribution in [3.05, 3.63) is 35.4 Å². The fourth-order valence-electron chi connectivity index (χ4n) is 2.38. The minimum atomic E-state index is -0.802. The smallest absolute Gasteiger partial charge is 0.159 e. The fraction of sp³-hybridized carbons (Fsp3) is 0.500. The summed E-state index contributed by atoms with van der Waals surface area (Å²) in [5, 5.41) is 0. The molecular formula is C14H19F2N3S. The molecule has 1 saturated heterocycles. The number of hydrogen-bond acceptors (Lipinski definition) is 3. The maximum absolute atomic E-state index is 13.2. The molecule has 1 heterocycles. The van der Waals surface area contributed by atoms with Gasteiger partial charge in [-0.3, -0.25) is 9.80 Å². The van der Waals surface area contributed by atoms with E-state index in [2.05, 4.69) is 9.80 Å². The number of halogens is 2. The van der Waals surface area contributed by atoms with Gasteiger partial charge in [0.2, 0.25) is 0 Å². The van der Waals surface area contributed by atoms with Crippen molar-refractivity contribution in [2.75, 3.05) is 26.2 Å². The van der Waals surface area contributed by atoms with Gasteiger partial charge in [0.1, 0.15) is 0 Å². The van der Waals surface area contributed by atoms with Crippen LogP contribution in [0.15, 0.2) is 18.2 Å². The Morgan fingerprint density at radius 3 is 2.45 bits per heavy atom. The third-order valence-electron chi connectivity index (χ3n) is 3.76. The molecule has 2 rings (SSSR count). The third-order valence-corrected chi connectivity index (χ3v) is 4.10. The normalized spacial score (nSPS) is 18.9. The van der Waals surface area contributed by atoms with Crippen molar-refractivity contribution in [1.29, 1.82) is 0 Å². The van der Waals surface area contributed by atoms with Crippen LogP contribution in [0.25, 0.3) is 0 Å². The average Bonchev–Trinajstić information content (AvgIpc) is 2.43. The van der Waals surface area contributed by atoms with Crippen LogP contribution in [-0.4, -0.2) is 47.0 Å². The van der Waals surface area contributed by atoms with Crippen LogP contribution in [0.5, 0.6) is 0 Å². The van der Waals surface area contributed by atoms with Crippen molar-refractivity contribution >= 4 is 17.2 Å². The molecule has 0 amide bonds. The lowest BCUT2D eigenvalue weighted by Crippen LogP contribution is -2.52. The van der Waals surface area contributed by atoms with E-state index in [0.717, 1.165) is 31.7 Å². The summed E-state index contributed by atoms with van der Waals surface area (Å²) in [6, 6.07) is 4.17. The first-order valence-electron chi connectivity index (χ1n) is 6.67. The van der Waals surface area contributed by atoms with Gasteiger partial charge in [-0.15, -0.1) is 0 Å². The Morgan fingerprint density at radius 1 is 1.25 bits per heavy atom. The van der Waals surface area contributed by atoms with Gasteiger partial charge >= 0.3 is 0 Å². The first-order chi connectivity index (χ1) is 9.47.